The third-order valence-electron chi connectivity index (χ3n) is 3.32. The number of carboxylic acids is 1. The molecule has 0 saturated heterocycles. The average molecular weight is 329 g/mol. The summed E-state index contributed by atoms with van der Waals surface area (Å²) in [5.41, 5.74) is 1.32. The lowest BCUT2D eigenvalue weighted by Crippen LogP contribution is -2.15. The van der Waals surface area contributed by atoms with Gasteiger partial charge in [0.05, 0.1) is 19.0 Å². The van der Waals surface area contributed by atoms with Crippen molar-refractivity contribution in [3.8, 4) is 5.75 Å². The van der Waals surface area contributed by atoms with Gasteiger partial charge < -0.3 is 15.2 Å². The second-order valence-electron chi connectivity index (χ2n) is 5.22. The zero-order chi connectivity index (χ0) is 17.5. The number of benzene rings is 1. The summed E-state index contributed by atoms with van der Waals surface area (Å²) in [6, 6.07) is 5.40. The van der Waals surface area contributed by atoms with Crippen LogP contribution in [0.5, 0.6) is 5.75 Å². The number of amides is 1. The number of hydrogen-bond donors (Lipinski definition) is 2. The van der Waals surface area contributed by atoms with Gasteiger partial charge in [-0.3, -0.25) is 4.79 Å². The molecule has 7 heteroatoms. The van der Waals surface area contributed by atoms with Crippen molar-refractivity contribution in [2.45, 2.75) is 26.7 Å². The van der Waals surface area contributed by atoms with Gasteiger partial charge in [0, 0.05) is 5.69 Å². The molecule has 2 rings (SSSR count). The number of rotatable bonds is 7. The molecule has 0 aliphatic carbocycles. The van der Waals surface area contributed by atoms with Crippen molar-refractivity contribution < 1.29 is 19.4 Å². The summed E-state index contributed by atoms with van der Waals surface area (Å²) < 4.78 is 5.62. The molecule has 1 heterocycles. The second kappa shape index (κ2) is 8.05. The number of aromatic nitrogens is 2. The van der Waals surface area contributed by atoms with E-state index in [2.05, 4.69) is 22.2 Å². The first kappa shape index (κ1) is 17.4. The molecule has 0 atom stereocenters. The fourth-order valence-electron chi connectivity index (χ4n) is 1.94. The summed E-state index contributed by atoms with van der Waals surface area (Å²) in [4.78, 5) is 30.4. The first-order chi connectivity index (χ1) is 11.5. The maximum absolute atomic E-state index is 12.2. The molecule has 0 saturated carbocycles. The van der Waals surface area contributed by atoms with Crippen LogP contribution >= 0.6 is 0 Å². The summed E-state index contributed by atoms with van der Waals surface area (Å²) >= 11 is 0. The minimum Gasteiger partial charge on any atom is -0.494 e. The van der Waals surface area contributed by atoms with E-state index in [0.29, 0.717) is 12.3 Å². The molecular weight excluding hydrogens is 310 g/mol. The van der Waals surface area contributed by atoms with Crippen molar-refractivity contribution in [2.75, 3.05) is 11.9 Å². The molecule has 0 spiro atoms. The SMILES string of the molecule is CCCCOc1ccc(NC(=O)c2cnc(C(=O)O)cn2)c(C)c1. The lowest BCUT2D eigenvalue weighted by molar-refractivity contribution is 0.0689. The highest BCUT2D eigenvalue weighted by Gasteiger charge is 2.12. The van der Waals surface area contributed by atoms with Crippen molar-refractivity contribution in [3.63, 3.8) is 0 Å². The molecule has 2 N–H and O–H groups in total. The molecule has 1 aromatic heterocycles. The van der Waals surface area contributed by atoms with Crippen LogP contribution in [0.2, 0.25) is 0 Å². The number of nitrogens with zero attached hydrogens (tertiary/aromatic N) is 2. The maximum atomic E-state index is 12.2. The van der Waals surface area contributed by atoms with E-state index >= 15 is 0 Å². The summed E-state index contributed by atoms with van der Waals surface area (Å²) in [6.45, 7) is 4.62. The molecule has 1 amide bonds. The van der Waals surface area contributed by atoms with Crippen molar-refractivity contribution in [1.82, 2.24) is 9.97 Å². The normalized spacial score (nSPS) is 10.2. The Kier molecular flexibility index (Phi) is 5.83. The summed E-state index contributed by atoms with van der Waals surface area (Å²) in [5, 5.41) is 11.5. The molecule has 0 radical (unpaired) electrons. The Labute approximate surface area is 139 Å². The topological polar surface area (TPSA) is 101 Å². The first-order valence-electron chi connectivity index (χ1n) is 7.61. The summed E-state index contributed by atoms with van der Waals surface area (Å²) in [7, 11) is 0. The van der Waals surface area contributed by atoms with E-state index < -0.39 is 11.9 Å². The highest BCUT2D eigenvalue weighted by Crippen LogP contribution is 2.22. The summed E-state index contributed by atoms with van der Waals surface area (Å²) in [5.74, 6) is -0.893. The Morgan fingerprint density at radius 3 is 2.50 bits per heavy atom. The molecule has 0 aliphatic heterocycles. The highest BCUT2D eigenvalue weighted by atomic mass is 16.5. The fourth-order valence-corrected chi connectivity index (χ4v) is 1.94. The molecule has 24 heavy (non-hydrogen) atoms. The molecule has 0 aliphatic rings. The number of ether oxygens (including phenoxy) is 1. The third-order valence-corrected chi connectivity index (χ3v) is 3.32. The van der Waals surface area contributed by atoms with Crippen LogP contribution in [0.25, 0.3) is 0 Å². The second-order valence-corrected chi connectivity index (χ2v) is 5.22. The van der Waals surface area contributed by atoms with Crippen LogP contribution in [0.4, 0.5) is 5.69 Å². The van der Waals surface area contributed by atoms with Gasteiger partial charge in [0.15, 0.2) is 5.69 Å². The average Bonchev–Trinajstić information content (AvgIpc) is 2.57. The smallest absolute Gasteiger partial charge is 0.356 e. The Hall–Kier alpha value is -2.96. The van der Waals surface area contributed by atoms with Gasteiger partial charge in [0.25, 0.3) is 5.91 Å². The number of carboxylic acid groups (broad SMARTS) is 1. The van der Waals surface area contributed by atoms with E-state index in [9.17, 15) is 9.59 Å². The molecular formula is C17H19N3O4. The Bertz CT molecular complexity index is 729. The number of carbonyl (C=O) groups excluding carboxylic acids is 1. The van der Waals surface area contributed by atoms with Gasteiger partial charge in [-0.05, 0) is 37.1 Å². The van der Waals surface area contributed by atoms with Crippen LogP contribution in [0.3, 0.4) is 0 Å². The van der Waals surface area contributed by atoms with Crippen LogP contribution in [-0.4, -0.2) is 33.6 Å². The van der Waals surface area contributed by atoms with Crippen molar-refractivity contribution in [2.24, 2.45) is 0 Å². The molecule has 0 fully saturated rings. The largest absolute Gasteiger partial charge is 0.494 e. The van der Waals surface area contributed by atoms with E-state index in [1.54, 1.807) is 12.1 Å². The number of aromatic carboxylic acids is 1. The van der Waals surface area contributed by atoms with E-state index in [1.165, 1.54) is 0 Å². The number of unbranched alkanes of at least 4 members (excludes halogenated alkanes) is 1. The molecule has 7 nitrogen and oxygen atoms in total. The van der Waals surface area contributed by atoms with Crippen molar-refractivity contribution in [1.29, 1.82) is 0 Å². The van der Waals surface area contributed by atoms with Crippen molar-refractivity contribution >= 4 is 17.6 Å². The van der Waals surface area contributed by atoms with Gasteiger partial charge in [0.2, 0.25) is 0 Å². The molecule has 1 aromatic carbocycles. The Balaban J connectivity index is 2.04. The van der Waals surface area contributed by atoms with Gasteiger partial charge in [0.1, 0.15) is 11.4 Å². The lowest BCUT2D eigenvalue weighted by Gasteiger charge is -2.11. The third kappa shape index (κ3) is 4.52. The Morgan fingerprint density at radius 1 is 1.21 bits per heavy atom. The zero-order valence-corrected chi connectivity index (χ0v) is 13.6. The van der Waals surface area contributed by atoms with Gasteiger partial charge in [-0.15, -0.1) is 0 Å². The Morgan fingerprint density at radius 2 is 1.92 bits per heavy atom. The minimum absolute atomic E-state index is 0.0441. The van der Waals surface area contributed by atoms with Crippen LogP contribution < -0.4 is 10.1 Å². The van der Waals surface area contributed by atoms with E-state index in [0.717, 1.165) is 36.5 Å². The maximum Gasteiger partial charge on any atom is 0.356 e. The lowest BCUT2D eigenvalue weighted by atomic mass is 10.2. The quantitative estimate of drug-likeness (QED) is 0.757. The molecule has 0 bridgehead atoms. The number of aryl methyl sites for hydroxylation is 1. The van der Waals surface area contributed by atoms with E-state index in [4.69, 9.17) is 9.84 Å². The van der Waals surface area contributed by atoms with Crippen LogP contribution in [0.15, 0.2) is 30.6 Å². The first-order valence-corrected chi connectivity index (χ1v) is 7.61. The number of nitrogens with one attached hydrogen (secondary N) is 1. The fraction of sp³-hybridized carbons (Fsp3) is 0.294. The van der Waals surface area contributed by atoms with E-state index in [1.807, 2.05) is 13.0 Å². The molecule has 0 unspecified atom stereocenters. The number of carbonyl (C=O) groups is 2. The zero-order valence-electron chi connectivity index (χ0n) is 13.6. The van der Waals surface area contributed by atoms with Gasteiger partial charge >= 0.3 is 5.97 Å². The van der Waals surface area contributed by atoms with Gasteiger partial charge in [-0.2, -0.15) is 0 Å². The predicted molar refractivity (Wildman–Crippen MR) is 88.5 cm³/mol. The standard InChI is InChI=1S/C17H19N3O4/c1-3-4-7-24-12-5-6-13(11(2)8-12)20-16(21)14-9-19-15(10-18-14)17(22)23/h5-6,8-10H,3-4,7H2,1-2H3,(H,20,21)(H,22,23). The minimum atomic E-state index is -1.19. The monoisotopic (exact) mass is 329 g/mol. The number of anilines is 1. The van der Waals surface area contributed by atoms with Crippen LogP contribution in [0.1, 0.15) is 46.3 Å². The highest BCUT2D eigenvalue weighted by molar-refractivity contribution is 6.03. The van der Waals surface area contributed by atoms with E-state index in [-0.39, 0.29) is 11.4 Å². The summed E-state index contributed by atoms with van der Waals surface area (Å²) in [6.07, 6.45) is 4.24. The molecule has 2 aromatic rings. The van der Waals surface area contributed by atoms with Crippen LogP contribution in [0, 0.1) is 6.92 Å². The van der Waals surface area contributed by atoms with Gasteiger partial charge in [-0.1, -0.05) is 13.3 Å². The predicted octanol–water partition coefficient (Wildman–Crippen LogP) is 2.91. The van der Waals surface area contributed by atoms with Gasteiger partial charge in [-0.25, -0.2) is 14.8 Å². The van der Waals surface area contributed by atoms with Crippen LogP contribution in [-0.2, 0) is 0 Å². The molecule has 126 valence electrons. The van der Waals surface area contributed by atoms with Crippen molar-refractivity contribution in [3.05, 3.63) is 47.5 Å². The number of hydrogen-bond acceptors (Lipinski definition) is 5.